The number of fused-ring (bicyclic) bond motifs is 1. The van der Waals surface area contributed by atoms with Crippen molar-refractivity contribution in [3.05, 3.63) is 101 Å². The first-order valence-electron chi connectivity index (χ1n) is 9.75. The summed E-state index contributed by atoms with van der Waals surface area (Å²) in [5.41, 5.74) is 0.502. The molecule has 0 spiro atoms. The molecule has 0 saturated heterocycles. The number of carbonyl (C=O) groups is 1. The van der Waals surface area contributed by atoms with E-state index in [0.29, 0.717) is 39.5 Å². The number of hydrogen-bond donors (Lipinski definition) is 1. The molecule has 0 aliphatic carbocycles. The van der Waals surface area contributed by atoms with E-state index in [1.807, 2.05) is 6.92 Å². The number of rotatable bonds is 9. The molecule has 2 heterocycles. The van der Waals surface area contributed by atoms with Gasteiger partial charge in [-0.15, -0.1) is 0 Å². The highest BCUT2D eigenvalue weighted by Gasteiger charge is 2.14. The van der Waals surface area contributed by atoms with Crippen LogP contribution in [0.3, 0.4) is 0 Å². The largest absolute Gasteiger partial charge is 0.490 e. The maximum Gasteiger partial charge on any atom is 0.338 e. The van der Waals surface area contributed by atoms with Crippen LogP contribution in [0.15, 0.2) is 78.2 Å². The number of hydrogen-bond acceptors (Lipinski definition) is 6. The Kier molecular flexibility index (Phi) is 7.56. The number of pyridine rings is 1. The summed E-state index contributed by atoms with van der Waals surface area (Å²) in [7, 11) is 0. The SMILES string of the molecule is C=C/C(OCC)=C(\C=C)OCc1cc(CNC(=O)n2sc3ncccc3c2=O)ccc1F. The fourth-order valence-electron chi connectivity index (χ4n) is 2.87. The first-order chi connectivity index (χ1) is 15.5. The molecule has 0 aliphatic heterocycles. The van der Waals surface area contributed by atoms with Crippen LogP contribution in [-0.4, -0.2) is 21.6 Å². The van der Waals surface area contributed by atoms with E-state index in [1.54, 1.807) is 30.5 Å². The van der Waals surface area contributed by atoms with Crippen LogP contribution in [0.4, 0.5) is 9.18 Å². The number of aromatic nitrogens is 2. The lowest BCUT2D eigenvalue weighted by molar-refractivity contribution is 0.166. The molecule has 0 bridgehead atoms. The summed E-state index contributed by atoms with van der Waals surface area (Å²) >= 11 is 0.962. The average molecular weight is 456 g/mol. The lowest BCUT2D eigenvalue weighted by Gasteiger charge is -2.13. The zero-order chi connectivity index (χ0) is 23.1. The Hall–Kier alpha value is -3.72. The molecule has 7 nitrogen and oxygen atoms in total. The predicted octanol–water partition coefficient (Wildman–Crippen LogP) is 4.49. The smallest absolute Gasteiger partial charge is 0.338 e. The predicted molar refractivity (Wildman–Crippen MR) is 122 cm³/mol. The molecule has 0 unspecified atom stereocenters. The minimum Gasteiger partial charge on any atom is -0.490 e. The summed E-state index contributed by atoms with van der Waals surface area (Å²) in [5.74, 6) is 0.305. The number of halogens is 1. The van der Waals surface area contributed by atoms with Gasteiger partial charge in [0.25, 0.3) is 5.56 Å². The third-order valence-electron chi connectivity index (χ3n) is 4.40. The van der Waals surface area contributed by atoms with Crippen LogP contribution in [0, 0.1) is 5.82 Å². The topological polar surface area (TPSA) is 82.4 Å². The lowest BCUT2D eigenvalue weighted by atomic mass is 10.1. The zero-order valence-electron chi connectivity index (χ0n) is 17.5. The van der Waals surface area contributed by atoms with Crippen molar-refractivity contribution in [2.75, 3.05) is 6.61 Å². The van der Waals surface area contributed by atoms with E-state index in [9.17, 15) is 14.0 Å². The standard InChI is InChI=1S/C23H22FN3O4S/c1-4-19(30-6-3)20(5-2)31-14-16-12-15(9-10-18(16)24)13-26-23(29)27-22(28)17-8-7-11-25-21(17)32-27/h4-5,7-12H,1-2,6,13-14H2,3H3,(H,26,29)/b20-19-. The van der Waals surface area contributed by atoms with Crippen LogP contribution in [0.1, 0.15) is 18.1 Å². The van der Waals surface area contributed by atoms with E-state index < -0.39 is 17.4 Å². The van der Waals surface area contributed by atoms with Crippen molar-refractivity contribution in [3.8, 4) is 0 Å². The first-order valence-corrected chi connectivity index (χ1v) is 10.5. The van der Waals surface area contributed by atoms with E-state index >= 15 is 0 Å². The number of allylic oxidation sites excluding steroid dienone is 2. The van der Waals surface area contributed by atoms with Crippen LogP contribution in [-0.2, 0) is 22.6 Å². The van der Waals surface area contributed by atoms with Crippen LogP contribution < -0.4 is 10.9 Å². The highest BCUT2D eigenvalue weighted by atomic mass is 32.1. The molecule has 0 aliphatic rings. The zero-order valence-corrected chi connectivity index (χ0v) is 18.3. The molecular weight excluding hydrogens is 433 g/mol. The van der Waals surface area contributed by atoms with Crippen LogP contribution in [0.2, 0.25) is 0 Å². The van der Waals surface area contributed by atoms with Gasteiger partial charge < -0.3 is 14.8 Å². The van der Waals surface area contributed by atoms with Gasteiger partial charge in [-0.05, 0) is 60.4 Å². The lowest BCUT2D eigenvalue weighted by Crippen LogP contribution is -2.32. The number of carbonyl (C=O) groups excluding carboxylic acids is 1. The molecule has 2 aromatic heterocycles. The molecular formula is C23H22FN3O4S. The molecule has 3 aromatic rings. The summed E-state index contributed by atoms with van der Waals surface area (Å²) in [6.07, 6.45) is 4.52. The van der Waals surface area contributed by atoms with E-state index in [1.165, 1.54) is 18.2 Å². The molecule has 32 heavy (non-hydrogen) atoms. The Morgan fingerprint density at radius 1 is 1.25 bits per heavy atom. The molecule has 0 fully saturated rings. The average Bonchev–Trinajstić information content (AvgIpc) is 3.15. The van der Waals surface area contributed by atoms with Crippen molar-refractivity contribution in [1.29, 1.82) is 0 Å². The molecule has 166 valence electrons. The van der Waals surface area contributed by atoms with Gasteiger partial charge in [-0.1, -0.05) is 19.2 Å². The Morgan fingerprint density at radius 2 is 2.00 bits per heavy atom. The van der Waals surface area contributed by atoms with Crippen molar-refractivity contribution < 1.29 is 18.7 Å². The van der Waals surface area contributed by atoms with Crippen molar-refractivity contribution in [1.82, 2.24) is 14.3 Å². The van der Waals surface area contributed by atoms with E-state index in [-0.39, 0.29) is 13.2 Å². The second kappa shape index (κ2) is 10.5. The van der Waals surface area contributed by atoms with Crippen LogP contribution in [0.5, 0.6) is 0 Å². The highest BCUT2D eigenvalue weighted by Crippen LogP contribution is 2.17. The summed E-state index contributed by atoms with van der Waals surface area (Å²) in [6.45, 7) is 9.63. The van der Waals surface area contributed by atoms with Crippen LogP contribution in [0.25, 0.3) is 10.2 Å². The first kappa shape index (κ1) is 23.0. The Balaban J connectivity index is 1.70. The molecule has 1 aromatic carbocycles. The van der Waals surface area contributed by atoms with Gasteiger partial charge in [-0.25, -0.2) is 14.2 Å². The fourth-order valence-corrected chi connectivity index (χ4v) is 3.73. The van der Waals surface area contributed by atoms with Crippen molar-refractivity contribution in [3.63, 3.8) is 0 Å². The van der Waals surface area contributed by atoms with Gasteiger partial charge in [-0.2, -0.15) is 3.96 Å². The van der Waals surface area contributed by atoms with Gasteiger partial charge in [0.1, 0.15) is 17.3 Å². The van der Waals surface area contributed by atoms with Gasteiger partial charge in [0.15, 0.2) is 11.5 Å². The minimum atomic E-state index is -0.579. The van der Waals surface area contributed by atoms with E-state index in [0.717, 1.165) is 15.5 Å². The summed E-state index contributed by atoms with van der Waals surface area (Å²) in [6, 6.07) is 7.11. The molecule has 1 N–H and O–H groups in total. The van der Waals surface area contributed by atoms with Crippen molar-refractivity contribution in [2.24, 2.45) is 0 Å². The monoisotopic (exact) mass is 455 g/mol. The van der Waals surface area contributed by atoms with E-state index in [4.69, 9.17) is 9.47 Å². The Morgan fingerprint density at radius 3 is 2.69 bits per heavy atom. The second-order valence-corrected chi connectivity index (χ2v) is 7.42. The Bertz CT molecular complexity index is 1250. The maximum absolute atomic E-state index is 14.3. The van der Waals surface area contributed by atoms with Gasteiger partial charge >= 0.3 is 6.03 Å². The minimum absolute atomic E-state index is 0.0686. The quantitative estimate of drug-likeness (QED) is 0.380. The summed E-state index contributed by atoms with van der Waals surface area (Å²) < 4.78 is 26.4. The van der Waals surface area contributed by atoms with Gasteiger partial charge in [0.2, 0.25) is 0 Å². The normalized spacial score (nSPS) is 11.6. The third-order valence-corrected chi connectivity index (χ3v) is 5.41. The molecule has 3 rings (SSSR count). The summed E-state index contributed by atoms with van der Waals surface area (Å²) in [4.78, 5) is 29.4. The Labute approximate surface area is 188 Å². The van der Waals surface area contributed by atoms with Gasteiger partial charge in [0, 0.05) is 18.3 Å². The van der Waals surface area contributed by atoms with Crippen molar-refractivity contribution in [2.45, 2.75) is 20.1 Å². The number of ether oxygens (including phenoxy) is 2. The third kappa shape index (κ3) is 5.12. The van der Waals surface area contributed by atoms with Crippen LogP contribution >= 0.6 is 11.5 Å². The molecule has 1 amide bonds. The molecule has 9 heteroatoms. The van der Waals surface area contributed by atoms with E-state index in [2.05, 4.69) is 23.5 Å². The van der Waals surface area contributed by atoms with Gasteiger partial charge in [0.05, 0.1) is 12.0 Å². The molecule has 0 radical (unpaired) electrons. The van der Waals surface area contributed by atoms with Gasteiger partial charge in [-0.3, -0.25) is 4.79 Å². The number of benzene rings is 1. The maximum atomic E-state index is 14.3. The second-order valence-electron chi connectivity index (χ2n) is 6.49. The van der Waals surface area contributed by atoms with Crippen molar-refractivity contribution >= 4 is 27.8 Å². The number of nitrogens with one attached hydrogen (secondary N) is 1. The summed E-state index contributed by atoms with van der Waals surface area (Å²) in [5, 5.41) is 3.05. The fraction of sp³-hybridized carbons (Fsp3) is 0.174. The highest BCUT2D eigenvalue weighted by molar-refractivity contribution is 7.14. The number of nitrogens with zero attached hydrogens (tertiary/aromatic N) is 2. The molecule has 0 atom stereocenters. The number of amides is 1. The molecule has 0 saturated carbocycles.